The molecule has 0 aromatic carbocycles. The Morgan fingerprint density at radius 3 is 2.75 bits per heavy atom. The summed E-state index contributed by atoms with van der Waals surface area (Å²) in [7, 11) is 0. The number of hydrogen-bond acceptors (Lipinski definition) is 3. The van der Waals surface area contributed by atoms with Crippen molar-refractivity contribution in [3.05, 3.63) is 0 Å². The van der Waals surface area contributed by atoms with E-state index in [1.807, 2.05) is 11.8 Å². The molecule has 2 rings (SSSR count). The van der Waals surface area contributed by atoms with Crippen LogP contribution in [0.2, 0.25) is 0 Å². The fourth-order valence-electron chi connectivity index (χ4n) is 2.43. The maximum Gasteiger partial charge on any atom is 0.156 e. The molecule has 0 atom stereocenters. The Labute approximate surface area is 104 Å². The van der Waals surface area contributed by atoms with Crippen molar-refractivity contribution in [2.45, 2.75) is 46.0 Å². The van der Waals surface area contributed by atoms with Gasteiger partial charge in [0.1, 0.15) is 0 Å². The third-order valence-corrected chi connectivity index (χ3v) is 5.03. The summed E-state index contributed by atoms with van der Waals surface area (Å²) in [6.45, 7) is 6.68. The standard InChI is InChI=1S/C13H24N2S/c1-13(2)9-15-12(16-10-13)14-8-7-11-5-3-4-6-11/h11H,3-10H2,1-2H3,(H,14,15). The second-order valence-corrected chi connectivity index (χ2v) is 6.90. The molecule has 0 saturated heterocycles. The lowest BCUT2D eigenvalue weighted by atomic mass is 9.97. The van der Waals surface area contributed by atoms with Gasteiger partial charge in [0.2, 0.25) is 0 Å². The summed E-state index contributed by atoms with van der Waals surface area (Å²) < 4.78 is 0. The van der Waals surface area contributed by atoms with Crippen LogP contribution >= 0.6 is 11.8 Å². The molecule has 1 saturated carbocycles. The SMILES string of the molecule is CC1(C)CN=C(NCCC2CCCC2)SC1. The van der Waals surface area contributed by atoms with E-state index >= 15 is 0 Å². The van der Waals surface area contributed by atoms with Gasteiger partial charge in [0, 0.05) is 18.8 Å². The fraction of sp³-hybridized carbons (Fsp3) is 0.923. The van der Waals surface area contributed by atoms with E-state index in [0.29, 0.717) is 5.41 Å². The van der Waals surface area contributed by atoms with Gasteiger partial charge in [-0.2, -0.15) is 0 Å². The third-order valence-electron chi connectivity index (χ3n) is 3.55. The van der Waals surface area contributed by atoms with Crippen LogP contribution in [0.4, 0.5) is 0 Å². The molecule has 1 N–H and O–H groups in total. The van der Waals surface area contributed by atoms with Crippen LogP contribution in [0.25, 0.3) is 0 Å². The van der Waals surface area contributed by atoms with E-state index in [9.17, 15) is 0 Å². The van der Waals surface area contributed by atoms with Gasteiger partial charge in [0.25, 0.3) is 0 Å². The third kappa shape index (κ3) is 3.69. The van der Waals surface area contributed by atoms with Crippen LogP contribution in [0.3, 0.4) is 0 Å². The molecule has 2 nitrogen and oxygen atoms in total. The van der Waals surface area contributed by atoms with Crippen molar-refractivity contribution in [3.63, 3.8) is 0 Å². The molecule has 0 aromatic heterocycles. The molecule has 0 unspecified atom stereocenters. The minimum absolute atomic E-state index is 0.390. The van der Waals surface area contributed by atoms with E-state index in [4.69, 9.17) is 0 Å². The van der Waals surface area contributed by atoms with Gasteiger partial charge >= 0.3 is 0 Å². The molecule has 92 valence electrons. The molecule has 1 heterocycles. The summed E-state index contributed by atoms with van der Waals surface area (Å²) in [6.07, 6.45) is 7.15. The predicted molar refractivity (Wildman–Crippen MR) is 73.1 cm³/mol. The molecule has 0 radical (unpaired) electrons. The Balaban J connectivity index is 1.65. The van der Waals surface area contributed by atoms with Crippen LogP contribution in [0.1, 0.15) is 46.0 Å². The van der Waals surface area contributed by atoms with Crippen molar-refractivity contribution in [1.29, 1.82) is 0 Å². The number of thioether (sulfide) groups is 1. The molecule has 1 fully saturated rings. The average molecular weight is 240 g/mol. The summed E-state index contributed by atoms with van der Waals surface area (Å²) in [5.41, 5.74) is 0.390. The Hall–Kier alpha value is -0.180. The van der Waals surface area contributed by atoms with Crippen molar-refractivity contribution in [2.24, 2.45) is 16.3 Å². The molecule has 1 aliphatic heterocycles. The highest BCUT2D eigenvalue weighted by atomic mass is 32.2. The van der Waals surface area contributed by atoms with Gasteiger partial charge < -0.3 is 5.32 Å². The zero-order valence-corrected chi connectivity index (χ0v) is 11.4. The summed E-state index contributed by atoms with van der Waals surface area (Å²) in [4.78, 5) is 4.61. The van der Waals surface area contributed by atoms with E-state index in [0.717, 1.165) is 19.0 Å². The van der Waals surface area contributed by atoms with Crippen molar-refractivity contribution >= 4 is 16.9 Å². The van der Waals surface area contributed by atoms with Crippen LogP contribution in [-0.2, 0) is 0 Å². The first-order valence-electron chi connectivity index (χ1n) is 6.57. The highest BCUT2D eigenvalue weighted by Gasteiger charge is 2.23. The Kier molecular flexibility index (Phi) is 4.17. The van der Waals surface area contributed by atoms with E-state index in [1.54, 1.807) is 0 Å². The number of rotatable bonds is 3. The molecular formula is C13H24N2S. The van der Waals surface area contributed by atoms with Gasteiger partial charge in [-0.3, -0.25) is 4.99 Å². The van der Waals surface area contributed by atoms with Crippen molar-refractivity contribution in [1.82, 2.24) is 5.32 Å². The first-order valence-corrected chi connectivity index (χ1v) is 7.55. The van der Waals surface area contributed by atoms with Gasteiger partial charge in [-0.05, 0) is 17.8 Å². The Bertz CT molecular complexity index is 255. The summed E-state index contributed by atoms with van der Waals surface area (Å²) in [5, 5.41) is 4.68. The highest BCUT2D eigenvalue weighted by Crippen LogP contribution is 2.28. The summed E-state index contributed by atoms with van der Waals surface area (Å²) >= 11 is 1.89. The van der Waals surface area contributed by atoms with Crippen molar-refractivity contribution in [3.8, 4) is 0 Å². The van der Waals surface area contributed by atoms with Gasteiger partial charge in [-0.15, -0.1) is 0 Å². The topological polar surface area (TPSA) is 24.4 Å². The van der Waals surface area contributed by atoms with Crippen LogP contribution in [0.15, 0.2) is 4.99 Å². The first-order chi connectivity index (χ1) is 7.66. The Morgan fingerprint density at radius 2 is 2.12 bits per heavy atom. The quantitative estimate of drug-likeness (QED) is 0.818. The largest absolute Gasteiger partial charge is 0.365 e. The predicted octanol–water partition coefficient (Wildman–Crippen LogP) is 3.29. The van der Waals surface area contributed by atoms with E-state index < -0.39 is 0 Å². The summed E-state index contributed by atoms with van der Waals surface area (Å²) in [6, 6.07) is 0. The minimum atomic E-state index is 0.390. The highest BCUT2D eigenvalue weighted by molar-refractivity contribution is 8.13. The number of nitrogens with zero attached hydrogens (tertiary/aromatic N) is 1. The van der Waals surface area contributed by atoms with E-state index in [1.165, 1.54) is 43.0 Å². The van der Waals surface area contributed by atoms with Crippen molar-refractivity contribution in [2.75, 3.05) is 18.8 Å². The second kappa shape index (κ2) is 5.44. The van der Waals surface area contributed by atoms with E-state index in [-0.39, 0.29) is 0 Å². The molecule has 0 bridgehead atoms. The monoisotopic (exact) mass is 240 g/mol. The van der Waals surface area contributed by atoms with Gasteiger partial charge in [-0.1, -0.05) is 51.3 Å². The summed E-state index contributed by atoms with van der Waals surface area (Å²) in [5.74, 6) is 2.18. The minimum Gasteiger partial charge on any atom is -0.365 e. The van der Waals surface area contributed by atoms with Gasteiger partial charge in [-0.25, -0.2) is 0 Å². The van der Waals surface area contributed by atoms with Crippen LogP contribution < -0.4 is 5.32 Å². The number of amidine groups is 1. The lowest BCUT2D eigenvalue weighted by molar-refractivity contribution is 0.436. The maximum absolute atomic E-state index is 4.61. The smallest absolute Gasteiger partial charge is 0.156 e. The molecule has 16 heavy (non-hydrogen) atoms. The molecule has 0 amide bonds. The lowest BCUT2D eigenvalue weighted by Gasteiger charge is -2.27. The normalized spacial score (nSPS) is 25.5. The molecule has 0 spiro atoms. The molecule has 0 aromatic rings. The van der Waals surface area contributed by atoms with Gasteiger partial charge in [0.05, 0.1) is 0 Å². The Morgan fingerprint density at radius 1 is 1.38 bits per heavy atom. The van der Waals surface area contributed by atoms with Crippen molar-refractivity contribution < 1.29 is 0 Å². The number of aliphatic imine (C=N–C) groups is 1. The molecule has 1 aliphatic carbocycles. The first kappa shape index (κ1) is 12.3. The second-order valence-electron chi connectivity index (χ2n) is 5.94. The van der Waals surface area contributed by atoms with Crippen LogP contribution in [-0.4, -0.2) is 24.0 Å². The zero-order valence-electron chi connectivity index (χ0n) is 10.6. The number of nitrogens with one attached hydrogen (secondary N) is 1. The molecular weight excluding hydrogens is 216 g/mol. The lowest BCUT2D eigenvalue weighted by Crippen LogP contribution is -2.32. The number of hydrogen-bond donors (Lipinski definition) is 1. The molecule has 2 aliphatic rings. The van der Waals surface area contributed by atoms with Crippen LogP contribution in [0, 0.1) is 11.3 Å². The molecule has 3 heteroatoms. The average Bonchev–Trinajstić information content (AvgIpc) is 2.73. The maximum atomic E-state index is 4.61. The van der Waals surface area contributed by atoms with E-state index in [2.05, 4.69) is 24.2 Å². The van der Waals surface area contributed by atoms with Gasteiger partial charge in [0.15, 0.2) is 5.17 Å². The van der Waals surface area contributed by atoms with Crippen LogP contribution in [0.5, 0.6) is 0 Å². The zero-order chi connectivity index (χ0) is 11.4. The fourth-order valence-corrected chi connectivity index (χ4v) is 3.41.